The molecule has 2 aliphatic rings. The number of ether oxygens (including phenoxy) is 1. The van der Waals surface area contributed by atoms with Crippen LogP contribution < -0.4 is 10.4 Å². The molecule has 0 radical (unpaired) electrons. The van der Waals surface area contributed by atoms with Gasteiger partial charge in [-0.15, -0.1) is 0 Å². The summed E-state index contributed by atoms with van der Waals surface area (Å²) in [4.78, 5) is 27.9. The number of aryl methyl sites for hydroxylation is 1. The molecule has 2 heterocycles. The van der Waals surface area contributed by atoms with Gasteiger partial charge in [0, 0.05) is 42.4 Å². The van der Waals surface area contributed by atoms with E-state index in [-0.39, 0.29) is 18.2 Å². The van der Waals surface area contributed by atoms with Gasteiger partial charge in [0.15, 0.2) is 0 Å². The molecule has 1 saturated heterocycles. The van der Waals surface area contributed by atoms with Gasteiger partial charge in [0.05, 0.1) is 5.60 Å². The van der Waals surface area contributed by atoms with Gasteiger partial charge < -0.3 is 19.2 Å². The van der Waals surface area contributed by atoms with Crippen LogP contribution in [0.15, 0.2) is 27.4 Å². The molecule has 2 fully saturated rings. The molecule has 1 N–H and O–H groups in total. The van der Waals surface area contributed by atoms with Crippen molar-refractivity contribution < 1.29 is 19.1 Å². The quantitative estimate of drug-likeness (QED) is 0.367. The Morgan fingerprint density at radius 1 is 0.975 bits per heavy atom. The average molecular weight is 546 g/mol. The van der Waals surface area contributed by atoms with Gasteiger partial charge >= 0.3 is 5.63 Å². The summed E-state index contributed by atoms with van der Waals surface area (Å²) in [7, 11) is 0. The maximum absolute atomic E-state index is 13.1. The van der Waals surface area contributed by atoms with Gasteiger partial charge in [0.25, 0.3) is 0 Å². The Kier molecular flexibility index (Phi) is 7.84. The number of likely N-dealkylation sites (tertiary alicyclic amines) is 1. The van der Waals surface area contributed by atoms with Gasteiger partial charge in [-0.25, -0.2) is 4.79 Å². The van der Waals surface area contributed by atoms with E-state index in [1.54, 1.807) is 6.07 Å². The lowest BCUT2D eigenvalue weighted by atomic mass is 9.71. The minimum Gasteiger partial charge on any atom is -0.489 e. The molecule has 1 aliphatic heterocycles. The fourth-order valence-corrected chi connectivity index (χ4v) is 6.89. The van der Waals surface area contributed by atoms with Crippen molar-refractivity contribution in [3.05, 3.63) is 73.1 Å². The lowest BCUT2D eigenvalue weighted by Crippen LogP contribution is -2.54. The van der Waals surface area contributed by atoms with E-state index in [1.165, 1.54) is 33.4 Å². The number of carbonyl (C=O) groups excluding carboxylic acids is 1. The third kappa shape index (κ3) is 5.18. The van der Waals surface area contributed by atoms with E-state index in [0.717, 1.165) is 36.6 Å². The Morgan fingerprint density at radius 3 is 2.40 bits per heavy atom. The highest BCUT2D eigenvalue weighted by Crippen LogP contribution is 2.40. The third-order valence-electron chi connectivity index (χ3n) is 10.2. The van der Waals surface area contributed by atoms with E-state index >= 15 is 0 Å². The van der Waals surface area contributed by atoms with Crippen LogP contribution in [0.25, 0.3) is 11.0 Å². The first-order chi connectivity index (χ1) is 19.0. The van der Waals surface area contributed by atoms with Gasteiger partial charge in [0.2, 0.25) is 5.91 Å². The molecule has 1 saturated carbocycles. The topological polar surface area (TPSA) is 80.0 Å². The first kappa shape index (κ1) is 28.4. The summed E-state index contributed by atoms with van der Waals surface area (Å²) in [5.74, 6) is 0.859. The second-order valence-corrected chi connectivity index (χ2v) is 12.2. The minimum atomic E-state index is -0.608. The van der Waals surface area contributed by atoms with Gasteiger partial charge in [-0.2, -0.15) is 0 Å². The molecule has 1 aromatic heterocycles. The summed E-state index contributed by atoms with van der Waals surface area (Å²) in [6, 6.07) is 5.65. The van der Waals surface area contributed by atoms with Crippen molar-refractivity contribution in [3.8, 4) is 5.75 Å². The minimum absolute atomic E-state index is 0.0439. The molecule has 5 rings (SSSR count). The van der Waals surface area contributed by atoms with Crippen LogP contribution in [0.4, 0.5) is 0 Å². The standard InChI is InChI=1S/C34H43NO5/c1-20-21(2)23(4)30(24(5)22(20)3)19-39-27-10-11-28-25(6)29(33(37)40-31(28)17-27)12-13-32(36)35-16-15-34(38)14-8-7-9-26(34)18-35/h10-11,17,26,38H,7-9,12-16,18-19H2,1-6H3/t26-,34+/m1/s1. The van der Waals surface area contributed by atoms with E-state index in [2.05, 4.69) is 34.6 Å². The van der Waals surface area contributed by atoms with E-state index in [9.17, 15) is 14.7 Å². The molecule has 1 aliphatic carbocycles. The lowest BCUT2D eigenvalue weighted by molar-refractivity contribution is -0.143. The Bertz CT molecular complexity index is 1490. The number of hydrogen-bond donors (Lipinski definition) is 1. The molecular weight excluding hydrogens is 502 g/mol. The number of nitrogens with zero attached hydrogens (tertiary/aromatic N) is 1. The predicted octanol–water partition coefficient (Wildman–Crippen LogP) is 6.31. The number of benzene rings is 2. The number of amides is 1. The number of fused-ring (bicyclic) bond motifs is 2. The SMILES string of the molecule is Cc1c(C)c(C)c(COc2ccc3c(C)c(CCC(=O)N4CC[C@@]5(O)CCCC[C@@H]5C4)c(=O)oc3c2)c(C)c1C. The highest BCUT2D eigenvalue weighted by atomic mass is 16.5. The van der Waals surface area contributed by atoms with E-state index in [1.807, 2.05) is 24.0 Å². The second-order valence-electron chi connectivity index (χ2n) is 12.2. The molecule has 6 nitrogen and oxygen atoms in total. The summed E-state index contributed by atoms with van der Waals surface area (Å²) in [5, 5.41) is 11.8. The fraction of sp³-hybridized carbons (Fsp3) is 0.529. The Hall–Kier alpha value is -3.12. The molecule has 6 heteroatoms. The van der Waals surface area contributed by atoms with Crippen molar-refractivity contribution in [3.63, 3.8) is 0 Å². The van der Waals surface area contributed by atoms with E-state index in [0.29, 0.717) is 49.4 Å². The van der Waals surface area contributed by atoms with Gasteiger partial charge in [-0.3, -0.25) is 4.79 Å². The van der Waals surface area contributed by atoms with E-state index in [4.69, 9.17) is 9.15 Å². The normalized spacial score (nSPS) is 21.0. The molecule has 214 valence electrons. The molecule has 40 heavy (non-hydrogen) atoms. The monoisotopic (exact) mass is 545 g/mol. The summed E-state index contributed by atoms with van der Waals surface area (Å²) in [5.41, 5.74) is 8.51. The summed E-state index contributed by atoms with van der Waals surface area (Å²) < 4.78 is 11.9. The number of rotatable bonds is 6. The van der Waals surface area contributed by atoms with Crippen molar-refractivity contribution in [1.82, 2.24) is 4.90 Å². The van der Waals surface area contributed by atoms with Crippen molar-refractivity contribution >= 4 is 16.9 Å². The van der Waals surface area contributed by atoms with Crippen LogP contribution in [-0.4, -0.2) is 34.6 Å². The van der Waals surface area contributed by atoms with Gasteiger partial charge in [0.1, 0.15) is 17.9 Å². The summed E-state index contributed by atoms with van der Waals surface area (Å²) in [6.45, 7) is 14.3. The van der Waals surface area contributed by atoms with Crippen LogP contribution in [0.2, 0.25) is 0 Å². The van der Waals surface area contributed by atoms with Gasteiger partial charge in [-0.1, -0.05) is 12.8 Å². The van der Waals surface area contributed by atoms with Crippen molar-refractivity contribution in [2.75, 3.05) is 13.1 Å². The van der Waals surface area contributed by atoms with Gasteiger partial charge in [-0.05, 0) is 118 Å². The molecule has 3 aromatic rings. The Morgan fingerprint density at radius 2 is 1.68 bits per heavy atom. The smallest absolute Gasteiger partial charge is 0.339 e. The van der Waals surface area contributed by atoms with E-state index < -0.39 is 11.2 Å². The largest absolute Gasteiger partial charge is 0.489 e. The third-order valence-corrected chi connectivity index (χ3v) is 10.2. The number of hydrogen-bond acceptors (Lipinski definition) is 5. The molecule has 0 unspecified atom stereocenters. The first-order valence-electron chi connectivity index (χ1n) is 14.7. The number of piperidine rings is 1. The zero-order valence-electron chi connectivity index (χ0n) is 24.9. The van der Waals surface area contributed by atoms with Crippen molar-refractivity contribution in [1.29, 1.82) is 0 Å². The Labute approximate surface area is 237 Å². The maximum Gasteiger partial charge on any atom is 0.339 e. The molecular formula is C34H43NO5. The molecule has 0 bridgehead atoms. The summed E-state index contributed by atoms with van der Waals surface area (Å²) in [6.07, 6.45) is 5.25. The molecule has 2 atom stereocenters. The molecule has 1 amide bonds. The summed E-state index contributed by atoms with van der Waals surface area (Å²) >= 11 is 0. The molecule has 2 aromatic carbocycles. The van der Waals surface area contributed by atoms with Crippen LogP contribution in [0, 0.1) is 47.5 Å². The maximum atomic E-state index is 13.1. The van der Waals surface area contributed by atoms with Crippen LogP contribution >= 0.6 is 0 Å². The Balaban J connectivity index is 1.28. The van der Waals surface area contributed by atoms with Crippen molar-refractivity contribution in [2.24, 2.45) is 5.92 Å². The second kappa shape index (κ2) is 11.0. The highest BCUT2D eigenvalue weighted by Gasteiger charge is 2.43. The zero-order chi connectivity index (χ0) is 28.8. The van der Waals surface area contributed by atoms with Crippen LogP contribution in [-0.2, 0) is 17.8 Å². The lowest BCUT2D eigenvalue weighted by Gasteiger charge is -2.47. The fourth-order valence-electron chi connectivity index (χ4n) is 6.89. The average Bonchev–Trinajstić information content (AvgIpc) is 2.94. The zero-order valence-corrected chi connectivity index (χ0v) is 24.9. The molecule has 0 spiro atoms. The van der Waals surface area contributed by atoms with Crippen LogP contribution in [0.3, 0.4) is 0 Å². The van der Waals surface area contributed by atoms with Crippen LogP contribution in [0.5, 0.6) is 5.75 Å². The van der Waals surface area contributed by atoms with Crippen LogP contribution in [0.1, 0.15) is 83.0 Å². The first-order valence-corrected chi connectivity index (χ1v) is 14.7. The number of aliphatic hydroxyl groups is 1. The van der Waals surface area contributed by atoms with Crippen molar-refractivity contribution in [2.45, 2.75) is 98.7 Å². The predicted molar refractivity (Wildman–Crippen MR) is 158 cm³/mol. The number of carbonyl (C=O) groups is 1. The highest BCUT2D eigenvalue weighted by molar-refractivity contribution is 5.83.